The number of hydrogen-bond acceptors (Lipinski definition) is 4. The third-order valence-electron chi connectivity index (χ3n) is 5.33. The maximum Gasteiger partial charge on any atom is 0.391 e. The zero-order chi connectivity index (χ0) is 24.1. The number of benzene rings is 2. The molecule has 0 radical (unpaired) electrons. The van der Waals surface area contributed by atoms with Gasteiger partial charge in [-0.3, -0.25) is 9.59 Å². The lowest BCUT2D eigenvalue weighted by Gasteiger charge is -2.10. The molecule has 178 valence electrons. The fourth-order valence-electron chi connectivity index (χ4n) is 3.63. The zero-order valence-electron chi connectivity index (χ0n) is 18.1. The van der Waals surface area contributed by atoms with Crippen molar-refractivity contribution in [1.82, 2.24) is 15.1 Å². The van der Waals surface area contributed by atoms with Crippen molar-refractivity contribution in [3.8, 4) is 16.9 Å². The van der Waals surface area contributed by atoms with Crippen molar-refractivity contribution in [3.05, 3.63) is 66.2 Å². The van der Waals surface area contributed by atoms with Crippen molar-refractivity contribution in [2.24, 2.45) is 5.92 Å². The molecule has 0 unspecified atom stereocenters. The van der Waals surface area contributed by atoms with E-state index in [0.29, 0.717) is 17.1 Å². The number of amides is 2. The standard InChI is InChI=1S/C24H23F3N4O3/c25-24(26,27)9-10-34-15-16-5-4-6-17(11-16)20-13-21(29-23(33)18-12-22(32)28-14-18)30-31(20)19-7-2-1-3-8-19/h1-8,11,13,18H,9-10,12,14-15H2,(H,28,32)(H,29,30,33)/t18-/m1/s1. The smallest absolute Gasteiger partial charge is 0.376 e. The number of hydrogen-bond donors (Lipinski definition) is 2. The first-order valence-corrected chi connectivity index (χ1v) is 10.8. The molecule has 3 aromatic rings. The molecule has 1 aliphatic rings. The van der Waals surface area contributed by atoms with Gasteiger partial charge in [-0.2, -0.15) is 13.2 Å². The summed E-state index contributed by atoms with van der Waals surface area (Å²) in [6.45, 7) is -0.0899. The molecule has 1 aliphatic heterocycles. The minimum Gasteiger partial charge on any atom is -0.376 e. The number of nitrogens with zero attached hydrogens (tertiary/aromatic N) is 2. The normalized spacial score (nSPS) is 15.9. The summed E-state index contributed by atoms with van der Waals surface area (Å²) in [6, 6.07) is 18.3. The Kier molecular flexibility index (Phi) is 6.97. The number of rotatable bonds is 8. The van der Waals surface area contributed by atoms with Crippen molar-refractivity contribution < 1.29 is 27.5 Å². The molecule has 10 heteroatoms. The van der Waals surface area contributed by atoms with Gasteiger partial charge in [-0.15, -0.1) is 5.10 Å². The molecule has 0 saturated carbocycles. The summed E-state index contributed by atoms with van der Waals surface area (Å²) in [5, 5.41) is 9.96. The Morgan fingerprint density at radius 3 is 2.65 bits per heavy atom. The number of anilines is 1. The summed E-state index contributed by atoms with van der Waals surface area (Å²) in [5.41, 5.74) is 2.91. The van der Waals surface area contributed by atoms with Gasteiger partial charge in [0.25, 0.3) is 0 Å². The Morgan fingerprint density at radius 1 is 1.15 bits per heavy atom. The quantitative estimate of drug-likeness (QED) is 0.484. The minimum atomic E-state index is -4.26. The monoisotopic (exact) mass is 472 g/mol. The topological polar surface area (TPSA) is 85.2 Å². The summed E-state index contributed by atoms with van der Waals surface area (Å²) in [7, 11) is 0. The Morgan fingerprint density at radius 2 is 1.94 bits per heavy atom. The van der Waals surface area contributed by atoms with E-state index in [1.54, 1.807) is 22.9 Å². The maximum absolute atomic E-state index is 12.6. The van der Waals surface area contributed by atoms with Crippen LogP contribution >= 0.6 is 0 Å². The van der Waals surface area contributed by atoms with Gasteiger partial charge < -0.3 is 15.4 Å². The van der Waals surface area contributed by atoms with Crippen LogP contribution < -0.4 is 10.6 Å². The first-order valence-electron chi connectivity index (χ1n) is 10.8. The van der Waals surface area contributed by atoms with Crippen LogP contribution in [0.1, 0.15) is 18.4 Å². The van der Waals surface area contributed by atoms with E-state index < -0.39 is 25.1 Å². The Bertz CT molecular complexity index is 1160. The van der Waals surface area contributed by atoms with E-state index in [0.717, 1.165) is 11.3 Å². The molecular weight excluding hydrogens is 449 g/mol. The predicted molar refractivity (Wildman–Crippen MR) is 119 cm³/mol. The van der Waals surface area contributed by atoms with Crippen LogP contribution in [0.2, 0.25) is 0 Å². The molecule has 2 heterocycles. The maximum atomic E-state index is 12.6. The van der Waals surface area contributed by atoms with E-state index in [-0.39, 0.29) is 31.4 Å². The molecule has 1 saturated heterocycles. The van der Waals surface area contributed by atoms with E-state index in [4.69, 9.17) is 4.74 Å². The van der Waals surface area contributed by atoms with Crippen LogP contribution in [-0.4, -0.2) is 40.9 Å². The molecule has 1 atom stereocenters. The Hall–Kier alpha value is -3.66. The van der Waals surface area contributed by atoms with Gasteiger partial charge in [0.2, 0.25) is 11.8 Å². The minimum absolute atomic E-state index is 0.0374. The molecule has 1 fully saturated rings. The molecular formula is C24H23F3N4O3. The largest absolute Gasteiger partial charge is 0.391 e. The van der Waals surface area contributed by atoms with Gasteiger partial charge in [-0.1, -0.05) is 36.4 Å². The molecule has 4 rings (SSSR count). The number of alkyl halides is 3. The van der Waals surface area contributed by atoms with Gasteiger partial charge >= 0.3 is 6.18 Å². The highest BCUT2D eigenvalue weighted by Crippen LogP contribution is 2.28. The van der Waals surface area contributed by atoms with Gasteiger partial charge in [-0.25, -0.2) is 4.68 Å². The van der Waals surface area contributed by atoms with E-state index >= 15 is 0 Å². The van der Waals surface area contributed by atoms with E-state index in [9.17, 15) is 22.8 Å². The second-order valence-corrected chi connectivity index (χ2v) is 7.97. The second-order valence-electron chi connectivity index (χ2n) is 7.97. The third kappa shape index (κ3) is 6.02. The fourth-order valence-corrected chi connectivity index (χ4v) is 3.63. The van der Waals surface area contributed by atoms with E-state index in [1.807, 2.05) is 42.5 Å². The molecule has 0 aliphatic carbocycles. The van der Waals surface area contributed by atoms with Crippen LogP contribution in [-0.2, 0) is 20.9 Å². The second kappa shape index (κ2) is 10.1. The number of halogens is 3. The van der Waals surface area contributed by atoms with Crippen LogP contribution in [0.15, 0.2) is 60.7 Å². The van der Waals surface area contributed by atoms with Crippen molar-refractivity contribution >= 4 is 17.6 Å². The lowest BCUT2D eigenvalue weighted by molar-refractivity contribution is -0.146. The molecule has 2 aromatic carbocycles. The number of ether oxygens (including phenoxy) is 1. The molecule has 2 amide bonds. The van der Waals surface area contributed by atoms with Crippen molar-refractivity contribution in [2.45, 2.75) is 25.6 Å². The van der Waals surface area contributed by atoms with Gasteiger partial charge in [0.05, 0.1) is 36.9 Å². The molecule has 2 N–H and O–H groups in total. The summed E-state index contributed by atoms with van der Waals surface area (Å²) in [6.07, 6.45) is -5.13. The van der Waals surface area contributed by atoms with Crippen LogP contribution in [0.4, 0.5) is 19.0 Å². The van der Waals surface area contributed by atoms with Crippen LogP contribution in [0.3, 0.4) is 0 Å². The Balaban J connectivity index is 1.56. The first kappa shape index (κ1) is 23.5. The SMILES string of the molecule is O=C1C[C@@H](C(=O)Nc2cc(-c3cccc(COCCC(F)(F)F)c3)n(-c3ccccc3)n2)CN1. The lowest BCUT2D eigenvalue weighted by atomic mass is 10.1. The first-order chi connectivity index (χ1) is 16.3. The fraction of sp³-hybridized carbons (Fsp3) is 0.292. The van der Waals surface area contributed by atoms with Gasteiger partial charge in [0, 0.05) is 24.6 Å². The number of nitrogens with one attached hydrogen (secondary N) is 2. The molecule has 34 heavy (non-hydrogen) atoms. The zero-order valence-corrected chi connectivity index (χ0v) is 18.1. The van der Waals surface area contributed by atoms with Crippen LogP contribution in [0.25, 0.3) is 16.9 Å². The van der Waals surface area contributed by atoms with Gasteiger partial charge in [0.1, 0.15) is 0 Å². The van der Waals surface area contributed by atoms with Gasteiger partial charge in [0.15, 0.2) is 5.82 Å². The number of carbonyl (C=O) groups is 2. The summed E-state index contributed by atoms with van der Waals surface area (Å²) in [4.78, 5) is 24.0. The number of para-hydroxylation sites is 1. The highest BCUT2D eigenvalue weighted by molar-refractivity contribution is 5.97. The average Bonchev–Trinajstić information content (AvgIpc) is 3.43. The van der Waals surface area contributed by atoms with E-state index in [1.165, 1.54) is 0 Å². The Labute approximate surface area is 193 Å². The van der Waals surface area contributed by atoms with Crippen molar-refractivity contribution in [3.63, 3.8) is 0 Å². The molecule has 0 spiro atoms. The molecule has 7 nitrogen and oxygen atoms in total. The predicted octanol–water partition coefficient (Wildman–Crippen LogP) is 4.08. The summed E-state index contributed by atoms with van der Waals surface area (Å²) < 4.78 is 43.9. The highest BCUT2D eigenvalue weighted by atomic mass is 19.4. The highest BCUT2D eigenvalue weighted by Gasteiger charge is 2.29. The van der Waals surface area contributed by atoms with Crippen LogP contribution in [0.5, 0.6) is 0 Å². The molecule has 1 aromatic heterocycles. The van der Waals surface area contributed by atoms with E-state index in [2.05, 4.69) is 15.7 Å². The lowest BCUT2D eigenvalue weighted by Crippen LogP contribution is -2.24. The van der Waals surface area contributed by atoms with Crippen LogP contribution in [0, 0.1) is 5.92 Å². The molecule has 0 bridgehead atoms. The number of aromatic nitrogens is 2. The van der Waals surface area contributed by atoms with Gasteiger partial charge in [-0.05, 0) is 23.8 Å². The summed E-state index contributed by atoms with van der Waals surface area (Å²) >= 11 is 0. The van der Waals surface area contributed by atoms with Crippen molar-refractivity contribution in [1.29, 1.82) is 0 Å². The van der Waals surface area contributed by atoms with Crippen molar-refractivity contribution in [2.75, 3.05) is 18.5 Å². The average molecular weight is 472 g/mol. The summed E-state index contributed by atoms with van der Waals surface area (Å²) in [5.74, 6) is -0.593. The third-order valence-corrected chi connectivity index (χ3v) is 5.33. The number of carbonyl (C=O) groups excluding carboxylic acids is 2.